The first-order valence-corrected chi connectivity index (χ1v) is 5.48. The molecule has 0 saturated heterocycles. The van der Waals surface area contributed by atoms with Crippen molar-refractivity contribution in [3.8, 4) is 0 Å². The van der Waals surface area contributed by atoms with E-state index in [-0.39, 0.29) is 0 Å². The molecule has 4 nitrogen and oxygen atoms in total. The summed E-state index contributed by atoms with van der Waals surface area (Å²) in [5.41, 5.74) is 7.54. The minimum Gasteiger partial charge on any atom is -0.381 e. The van der Waals surface area contributed by atoms with Crippen molar-refractivity contribution in [3.05, 3.63) is 17.7 Å². The Morgan fingerprint density at radius 3 is 2.73 bits per heavy atom. The second-order valence-corrected chi connectivity index (χ2v) is 3.81. The van der Waals surface area contributed by atoms with Gasteiger partial charge in [0, 0.05) is 19.5 Å². The molecule has 0 aliphatic heterocycles. The van der Waals surface area contributed by atoms with Gasteiger partial charge in [0.15, 0.2) is 0 Å². The van der Waals surface area contributed by atoms with E-state index in [4.69, 9.17) is 5.73 Å². The highest BCUT2D eigenvalue weighted by atomic mass is 15.0. The van der Waals surface area contributed by atoms with Gasteiger partial charge < -0.3 is 11.1 Å². The number of nitrogens with zero attached hydrogens (tertiary/aromatic N) is 2. The largest absolute Gasteiger partial charge is 0.381 e. The zero-order valence-corrected chi connectivity index (χ0v) is 9.75. The fraction of sp³-hybridized carbons (Fsp3) is 0.636. The van der Waals surface area contributed by atoms with Crippen molar-refractivity contribution >= 4 is 5.69 Å². The summed E-state index contributed by atoms with van der Waals surface area (Å²) in [6, 6.07) is 0. The van der Waals surface area contributed by atoms with Crippen molar-refractivity contribution in [2.45, 2.75) is 33.1 Å². The van der Waals surface area contributed by atoms with Crippen LogP contribution in [0.1, 0.15) is 38.2 Å². The maximum Gasteiger partial charge on any atom is 0.128 e. The van der Waals surface area contributed by atoms with E-state index in [1.54, 1.807) is 0 Å². The third-order valence-corrected chi connectivity index (χ3v) is 2.19. The number of aromatic nitrogens is 2. The molecule has 1 rings (SSSR count). The molecular formula is C11H20N4. The lowest BCUT2D eigenvalue weighted by molar-refractivity contribution is 0.786. The van der Waals surface area contributed by atoms with E-state index in [2.05, 4.69) is 36.1 Å². The van der Waals surface area contributed by atoms with Crippen molar-refractivity contribution in [2.75, 3.05) is 18.4 Å². The molecule has 0 unspecified atom stereocenters. The van der Waals surface area contributed by atoms with E-state index in [9.17, 15) is 0 Å². The molecule has 0 aromatic carbocycles. The molecule has 0 amide bonds. The molecule has 0 atom stereocenters. The van der Waals surface area contributed by atoms with E-state index < -0.39 is 0 Å². The summed E-state index contributed by atoms with van der Waals surface area (Å²) in [7, 11) is 0. The third-order valence-electron chi connectivity index (χ3n) is 2.19. The molecule has 0 aliphatic rings. The molecule has 3 N–H and O–H groups in total. The van der Waals surface area contributed by atoms with Gasteiger partial charge in [0.1, 0.15) is 5.82 Å². The predicted octanol–water partition coefficient (Wildman–Crippen LogP) is 1.53. The first kappa shape index (κ1) is 11.9. The van der Waals surface area contributed by atoms with Crippen LogP contribution in [-0.4, -0.2) is 23.1 Å². The Bertz CT molecular complexity index is 309. The Morgan fingerprint density at radius 1 is 1.47 bits per heavy atom. The van der Waals surface area contributed by atoms with Crippen LogP contribution in [0.15, 0.2) is 6.20 Å². The number of hydrogen-bond donors (Lipinski definition) is 2. The van der Waals surface area contributed by atoms with Crippen LogP contribution in [0.25, 0.3) is 0 Å². The van der Waals surface area contributed by atoms with Gasteiger partial charge in [0.05, 0.1) is 17.6 Å². The van der Waals surface area contributed by atoms with E-state index in [0.29, 0.717) is 12.5 Å². The SMILES string of the molecule is CCc1ncc(NCCN)c(C(C)C)n1. The van der Waals surface area contributed by atoms with Gasteiger partial charge in [-0.2, -0.15) is 0 Å². The minimum atomic E-state index is 0.401. The van der Waals surface area contributed by atoms with Crippen LogP contribution in [0.3, 0.4) is 0 Å². The number of anilines is 1. The highest BCUT2D eigenvalue weighted by molar-refractivity contribution is 5.47. The molecule has 0 fully saturated rings. The standard InChI is InChI=1S/C11H20N4/c1-4-10-14-7-9(13-6-5-12)11(15-10)8(2)3/h7-8,13H,4-6,12H2,1-3H3. The highest BCUT2D eigenvalue weighted by Gasteiger charge is 2.09. The highest BCUT2D eigenvalue weighted by Crippen LogP contribution is 2.20. The van der Waals surface area contributed by atoms with Crippen LogP contribution < -0.4 is 11.1 Å². The smallest absolute Gasteiger partial charge is 0.128 e. The zero-order chi connectivity index (χ0) is 11.3. The lowest BCUT2D eigenvalue weighted by Crippen LogP contribution is -2.15. The second-order valence-electron chi connectivity index (χ2n) is 3.81. The summed E-state index contributed by atoms with van der Waals surface area (Å²) in [5.74, 6) is 1.30. The van der Waals surface area contributed by atoms with Crippen molar-refractivity contribution in [3.63, 3.8) is 0 Å². The molecule has 0 aliphatic carbocycles. The molecule has 0 radical (unpaired) electrons. The van der Waals surface area contributed by atoms with Gasteiger partial charge >= 0.3 is 0 Å². The summed E-state index contributed by atoms with van der Waals surface area (Å²) in [6.07, 6.45) is 2.73. The van der Waals surface area contributed by atoms with Crippen LogP contribution in [0, 0.1) is 0 Å². The summed E-state index contributed by atoms with van der Waals surface area (Å²) >= 11 is 0. The molecule has 4 heteroatoms. The van der Waals surface area contributed by atoms with Gasteiger partial charge in [-0.25, -0.2) is 9.97 Å². The predicted molar refractivity (Wildman–Crippen MR) is 63.0 cm³/mol. The first-order valence-electron chi connectivity index (χ1n) is 5.48. The van der Waals surface area contributed by atoms with E-state index in [1.807, 2.05) is 6.20 Å². The summed E-state index contributed by atoms with van der Waals surface area (Å²) < 4.78 is 0. The van der Waals surface area contributed by atoms with E-state index in [0.717, 1.165) is 30.2 Å². The fourth-order valence-electron chi connectivity index (χ4n) is 1.39. The lowest BCUT2D eigenvalue weighted by Gasteiger charge is -2.13. The van der Waals surface area contributed by atoms with E-state index >= 15 is 0 Å². The van der Waals surface area contributed by atoms with Gasteiger partial charge in [-0.1, -0.05) is 20.8 Å². The van der Waals surface area contributed by atoms with Crippen LogP contribution in [0.2, 0.25) is 0 Å². The average Bonchev–Trinajstić information content (AvgIpc) is 2.26. The van der Waals surface area contributed by atoms with Crippen LogP contribution >= 0.6 is 0 Å². The second kappa shape index (κ2) is 5.66. The number of rotatable bonds is 5. The average molecular weight is 208 g/mol. The zero-order valence-electron chi connectivity index (χ0n) is 9.75. The maximum atomic E-state index is 5.46. The molecule has 1 heterocycles. The summed E-state index contributed by atoms with van der Waals surface area (Å²) in [5, 5.41) is 3.25. The Kier molecular flexibility index (Phi) is 4.49. The van der Waals surface area contributed by atoms with Gasteiger partial charge in [-0.05, 0) is 5.92 Å². The molecule has 1 aromatic rings. The first-order chi connectivity index (χ1) is 7.19. The number of hydrogen-bond acceptors (Lipinski definition) is 4. The number of aryl methyl sites for hydroxylation is 1. The molecule has 0 spiro atoms. The van der Waals surface area contributed by atoms with Gasteiger partial charge in [-0.3, -0.25) is 0 Å². The van der Waals surface area contributed by atoms with Crippen LogP contribution in [0.4, 0.5) is 5.69 Å². The Hall–Kier alpha value is -1.16. The Balaban J connectivity index is 2.93. The van der Waals surface area contributed by atoms with Crippen molar-refractivity contribution in [2.24, 2.45) is 5.73 Å². The minimum absolute atomic E-state index is 0.401. The molecular weight excluding hydrogens is 188 g/mol. The van der Waals surface area contributed by atoms with Crippen LogP contribution in [-0.2, 0) is 6.42 Å². The quantitative estimate of drug-likeness (QED) is 0.770. The molecule has 84 valence electrons. The van der Waals surface area contributed by atoms with Gasteiger partial charge in [0.2, 0.25) is 0 Å². The normalized spacial score (nSPS) is 10.7. The molecule has 0 bridgehead atoms. The third kappa shape index (κ3) is 3.16. The lowest BCUT2D eigenvalue weighted by atomic mass is 10.1. The van der Waals surface area contributed by atoms with E-state index in [1.165, 1.54) is 0 Å². The fourth-order valence-corrected chi connectivity index (χ4v) is 1.39. The van der Waals surface area contributed by atoms with Gasteiger partial charge in [0.25, 0.3) is 0 Å². The van der Waals surface area contributed by atoms with Crippen molar-refractivity contribution in [1.82, 2.24) is 9.97 Å². The van der Waals surface area contributed by atoms with Crippen molar-refractivity contribution < 1.29 is 0 Å². The number of nitrogens with two attached hydrogens (primary N) is 1. The summed E-state index contributed by atoms with van der Waals surface area (Å²) in [6.45, 7) is 7.71. The monoisotopic (exact) mass is 208 g/mol. The summed E-state index contributed by atoms with van der Waals surface area (Å²) in [4.78, 5) is 8.81. The topological polar surface area (TPSA) is 63.8 Å². The Labute approximate surface area is 91.3 Å². The molecule has 1 aromatic heterocycles. The van der Waals surface area contributed by atoms with Crippen molar-refractivity contribution in [1.29, 1.82) is 0 Å². The molecule has 0 saturated carbocycles. The Morgan fingerprint density at radius 2 is 2.20 bits per heavy atom. The molecule has 15 heavy (non-hydrogen) atoms. The number of nitrogens with one attached hydrogen (secondary N) is 1. The van der Waals surface area contributed by atoms with Crippen LogP contribution in [0.5, 0.6) is 0 Å². The maximum absolute atomic E-state index is 5.46. The van der Waals surface area contributed by atoms with Gasteiger partial charge in [-0.15, -0.1) is 0 Å².